The molecule has 0 amide bonds. The number of ether oxygens (including phenoxy) is 1. The highest BCUT2D eigenvalue weighted by Gasteiger charge is 2.18. The van der Waals surface area contributed by atoms with Gasteiger partial charge in [0, 0.05) is 36.4 Å². The molecule has 1 aromatic heterocycles. The number of nitrogens with one attached hydrogen (secondary N) is 1. The molecular weight excluding hydrogens is 334 g/mol. The third kappa shape index (κ3) is 3.71. The Morgan fingerprint density at radius 1 is 1.20 bits per heavy atom. The van der Waals surface area contributed by atoms with Crippen LogP contribution in [0.1, 0.15) is 18.4 Å². The fourth-order valence-corrected chi connectivity index (χ4v) is 3.65. The molecule has 25 heavy (non-hydrogen) atoms. The largest absolute Gasteiger partial charge is 0.381 e. The van der Waals surface area contributed by atoms with E-state index in [4.69, 9.17) is 16.3 Å². The molecular formula is C20H22ClN3O. The van der Waals surface area contributed by atoms with Crippen LogP contribution in [-0.2, 0) is 11.3 Å². The monoisotopic (exact) mass is 355 g/mol. The molecule has 2 heterocycles. The van der Waals surface area contributed by atoms with Gasteiger partial charge in [-0.05, 0) is 49.7 Å². The first-order valence-electron chi connectivity index (χ1n) is 8.71. The van der Waals surface area contributed by atoms with Crippen molar-refractivity contribution < 1.29 is 4.74 Å². The number of rotatable bonds is 4. The summed E-state index contributed by atoms with van der Waals surface area (Å²) in [4.78, 5) is 10.5. The minimum Gasteiger partial charge on any atom is -0.381 e. The van der Waals surface area contributed by atoms with E-state index < -0.39 is 0 Å². The van der Waals surface area contributed by atoms with Gasteiger partial charge in [-0.25, -0.2) is 4.98 Å². The first kappa shape index (κ1) is 16.6. The molecule has 1 fully saturated rings. The molecule has 5 heteroatoms. The topological polar surface area (TPSA) is 41.2 Å². The van der Waals surface area contributed by atoms with Gasteiger partial charge in [-0.3, -0.25) is 4.90 Å². The van der Waals surface area contributed by atoms with Crippen LogP contribution in [0.25, 0.3) is 22.4 Å². The standard InChI is InChI=1S/C20H22ClN3O/c1-24(17-7-9-25-10-8-17)13-14-3-2-4-15(11-14)20-22-18-6-5-16(21)12-19(18)23-20/h2-6,11-12,17H,7-10,13H2,1H3,(H,22,23). The Kier molecular flexibility index (Phi) is 4.75. The summed E-state index contributed by atoms with van der Waals surface area (Å²) in [6, 6.07) is 14.9. The molecule has 0 saturated carbocycles. The molecule has 3 aromatic rings. The summed E-state index contributed by atoms with van der Waals surface area (Å²) < 4.78 is 5.47. The molecule has 4 rings (SSSR count). The van der Waals surface area contributed by atoms with Gasteiger partial charge in [0.15, 0.2) is 0 Å². The van der Waals surface area contributed by atoms with Crippen LogP contribution in [0.2, 0.25) is 5.02 Å². The fourth-order valence-electron chi connectivity index (χ4n) is 3.48. The van der Waals surface area contributed by atoms with Crippen molar-refractivity contribution in [3.8, 4) is 11.4 Å². The maximum Gasteiger partial charge on any atom is 0.138 e. The highest BCUT2D eigenvalue weighted by atomic mass is 35.5. The lowest BCUT2D eigenvalue weighted by molar-refractivity contribution is 0.0407. The van der Waals surface area contributed by atoms with E-state index in [-0.39, 0.29) is 0 Å². The van der Waals surface area contributed by atoms with Crippen molar-refractivity contribution in [2.24, 2.45) is 0 Å². The zero-order valence-corrected chi connectivity index (χ0v) is 15.1. The van der Waals surface area contributed by atoms with Crippen molar-refractivity contribution in [1.82, 2.24) is 14.9 Å². The van der Waals surface area contributed by atoms with Crippen molar-refractivity contribution in [3.05, 3.63) is 53.1 Å². The summed E-state index contributed by atoms with van der Waals surface area (Å²) in [5.74, 6) is 0.882. The van der Waals surface area contributed by atoms with Gasteiger partial charge in [-0.2, -0.15) is 0 Å². The Bertz CT molecular complexity index is 870. The number of aromatic nitrogens is 2. The molecule has 0 bridgehead atoms. The Hall–Kier alpha value is -1.88. The summed E-state index contributed by atoms with van der Waals surface area (Å²) in [5, 5.41) is 0.717. The Morgan fingerprint density at radius 3 is 2.88 bits per heavy atom. The number of benzene rings is 2. The van der Waals surface area contributed by atoms with Crippen LogP contribution in [-0.4, -0.2) is 41.2 Å². The van der Waals surface area contributed by atoms with E-state index in [9.17, 15) is 0 Å². The molecule has 1 aliphatic rings. The van der Waals surface area contributed by atoms with Gasteiger partial charge in [0.1, 0.15) is 5.82 Å². The fraction of sp³-hybridized carbons (Fsp3) is 0.350. The number of hydrogen-bond acceptors (Lipinski definition) is 3. The predicted octanol–water partition coefficient (Wildman–Crippen LogP) is 4.49. The van der Waals surface area contributed by atoms with Gasteiger partial charge in [0.2, 0.25) is 0 Å². The van der Waals surface area contributed by atoms with Gasteiger partial charge in [-0.1, -0.05) is 29.8 Å². The number of hydrogen-bond donors (Lipinski definition) is 1. The Labute approximate surface area is 152 Å². The van der Waals surface area contributed by atoms with E-state index in [1.54, 1.807) is 0 Å². The molecule has 4 nitrogen and oxygen atoms in total. The first-order valence-corrected chi connectivity index (χ1v) is 9.09. The molecule has 1 saturated heterocycles. The van der Waals surface area contributed by atoms with E-state index >= 15 is 0 Å². The van der Waals surface area contributed by atoms with Gasteiger partial charge >= 0.3 is 0 Å². The number of H-pyrrole nitrogens is 1. The van der Waals surface area contributed by atoms with E-state index in [0.717, 1.165) is 60.0 Å². The SMILES string of the molecule is CN(Cc1cccc(-c2nc3ccc(Cl)cc3[nH]2)c1)C1CCOCC1. The molecule has 0 atom stereocenters. The lowest BCUT2D eigenvalue weighted by Gasteiger charge is -2.31. The summed E-state index contributed by atoms with van der Waals surface area (Å²) in [6.45, 7) is 2.68. The molecule has 0 aliphatic carbocycles. The van der Waals surface area contributed by atoms with Gasteiger partial charge in [-0.15, -0.1) is 0 Å². The number of halogens is 1. The second-order valence-corrected chi connectivity index (χ2v) is 7.14. The van der Waals surface area contributed by atoms with Crippen LogP contribution in [0.5, 0.6) is 0 Å². The van der Waals surface area contributed by atoms with Gasteiger partial charge < -0.3 is 9.72 Å². The normalized spacial score (nSPS) is 16.0. The Morgan fingerprint density at radius 2 is 2.04 bits per heavy atom. The maximum absolute atomic E-state index is 6.07. The van der Waals surface area contributed by atoms with Crippen LogP contribution >= 0.6 is 11.6 Å². The quantitative estimate of drug-likeness (QED) is 0.749. The van der Waals surface area contributed by atoms with Crippen molar-refractivity contribution in [2.75, 3.05) is 20.3 Å². The summed E-state index contributed by atoms with van der Waals surface area (Å²) in [7, 11) is 2.20. The van der Waals surface area contributed by atoms with Crippen LogP contribution < -0.4 is 0 Å². The third-order valence-electron chi connectivity index (χ3n) is 4.89. The summed E-state index contributed by atoms with van der Waals surface area (Å²) in [5.41, 5.74) is 4.30. The van der Waals surface area contributed by atoms with Gasteiger partial charge in [0.25, 0.3) is 0 Å². The number of fused-ring (bicyclic) bond motifs is 1. The van der Waals surface area contributed by atoms with Crippen molar-refractivity contribution in [1.29, 1.82) is 0 Å². The second kappa shape index (κ2) is 7.16. The average Bonchev–Trinajstić information content (AvgIpc) is 3.06. The highest BCUT2D eigenvalue weighted by molar-refractivity contribution is 6.31. The predicted molar refractivity (Wildman–Crippen MR) is 102 cm³/mol. The van der Waals surface area contributed by atoms with Crippen molar-refractivity contribution in [2.45, 2.75) is 25.4 Å². The smallest absolute Gasteiger partial charge is 0.138 e. The van der Waals surface area contributed by atoms with Crippen LogP contribution in [0.4, 0.5) is 0 Å². The van der Waals surface area contributed by atoms with Crippen LogP contribution in [0, 0.1) is 0 Å². The minimum atomic E-state index is 0.603. The molecule has 0 spiro atoms. The van der Waals surface area contributed by atoms with E-state index in [2.05, 4.69) is 46.2 Å². The maximum atomic E-state index is 6.07. The lowest BCUT2D eigenvalue weighted by atomic mass is 10.1. The Balaban J connectivity index is 1.55. The zero-order valence-electron chi connectivity index (χ0n) is 14.3. The third-order valence-corrected chi connectivity index (χ3v) is 5.13. The molecule has 130 valence electrons. The zero-order chi connectivity index (χ0) is 17.2. The molecule has 2 aromatic carbocycles. The van der Waals surface area contributed by atoms with Crippen molar-refractivity contribution in [3.63, 3.8) is 0 Å². The van der Waals surface area contributed by atoms with Crippen LogP contribution in [0.3, 0.4) is 0 Å². The molecule has 0 unspecified atom stereocenters. The summed E-state index contributed by atoms with van der Waals surface area (Å²) >= 11 is 6.07. The lowest BCUT2D eigenvalue weighted by Crippen LogP contribution is -2.36. The summed E-state index contributed by atoms with van der Waals surface area (Å²) in [6.07, 6.45) is 2.22. The molecule has 1 N–H and O–H groups in total. The number of aromatic amines is 1. The number of imidazole rings is 1. The van der Waals surface area contributed by atoms with E-state index in [0.29, 0.717) is 6.04 Å². The van der Waals surface area contributed by atoms with E-state index in [1.807, 2.05) is 18.2 Å². The minimum absolute atomic E-state index is 0.603. The van der Waals surface area contributed by atoms with E-state index in [1.165, 1.54) is 5.56 Å². The van der Waals surface area contributed by atoms with Crippen molar-refractivity contribution >= 4 is 22.6 Å². The molecule has 0 radical (unpaired) electrons. The van der Waals surface area contributed by atoms with Gasteiger partial charge in [0.05, 0.1) is 11.0 Å². The van der Waals surface area contributed by atoms with Crippen LogP contribution in [0.15, 0.2) is 42.5 Å². The molecule has 1 aliphatic heterocycles. The average molecular weight is 356 g/mol. The second-order valence-electron chi connectivity index (χ2n) is 6.71. The highest BCUT2D eigenvalue weighted by Crippen LogP contribution is 2.24. The first-order chi connectivity index (χ1) is 12.2. The number of nitrogens with zero attached hydrogens (tertiary/aromatic N) is 2.